The van der Waals surface area contributed by atoms with E-state index >= 15 is 0 Å². The van der Waals surface area contributed by atoms with Gasteiger partial charge < -0.3 is 10.6 Å². The summed E-state index contributed by atoms with van der Waals surface area (Å²) in [4.78, 5) is 23.2. The van der Waals surface area contributed by atoms with Crippen molar-refractivity contribution in [1.29, 1.82) is 0 Å². The minimum atomic E-state index is -0.0478. The third-order valence-corrected chi connectivity index (χ3v) is 5.25. The summed E-state index contributed by atoms with van der Waals surface area (Å²) in [7, 11) is 0. The predicted octanol–water partition coefficient (Wildman–Crippen LogP) is 1.99. The van der Waals surface area contributed by atoms with Crippen LogP contribution >= 0.6 is 11.8 Å². The summed E-state index contributed by atoms with van der Waals surface area (Å²) >= 11 is 1.68. The monoisotopic (exact) mass is 320 g/mol. The number of amides is 2. The van der Waals surface area contributed by atoms with Gasteiger partial charge in [0.05, 0.1) is 5.25 Å². The summed E-state index contributed by atoms with van der Waals surface area (Å²) in [5, 5.41) is 5.83. The molecule has 1 fully saturated rings. The topological polar surface area (TPSA) is 58.2 Å². The first-order valence-electron chi connectivity index (χ1n) is 7.85. The van der Waals surface area contributed by atoms with Crippen LogP contribution in [0.3, 0.4) is 0 Å². The van der Waals surface area contributed by atoms with Crippen LogP contribution in [-0.2, 0) is 16.0 Å². The van der Waals surface area contributed by atoms with Gasteiger partial charge in [-0.3, -0.25) is 9.59 Å². The molecule has 120 valence electrons. The zero-order valence-electron chi connectivity index (χ0n) is 13.0. The van der Waals surface area contributed by atoms with Gasteiger partial charge in [0.25, 0.3) is 0 Å². The largest absolute Gasteiger partial charge is 0.356 e. The van der Waals surface area contributed by atoms with Crippen molar-refractivity contribution in [2.75, 3.05) is 18.8 Å². The Morgan fingerprint density at radius 1 is 1.41 bits per heavy atom. The number of rotatable bonds is 7. The van der Waals surface area contributed by atoms with Crippen LogP contribution in [0.4, 0.5) is 0 Å². The van der Waals surface area contributed by atoms with Crippen molar-refractivity contribution in [3.05, 3.63) is 35.9 Å². The van der Waals surface area contributed by atoms with Crippen molar-refractivity contribution in [3.63, 3.8) is 0 Å². The second-order valence-corrected chi connectivity index (χ2v) is 7.08. The fourth-order valence-electron chi connectivity index (χ4n) is 2.40. The summed E-state index contributed by atoms with van der Waals surface area (Å²) in [5.41, 5.74) is 1.24. The van der Waals surface area contributed by atoms with E-state index in [4.69, 9.17) is 0 Å². The number of hydrogen-bond acceptors (Lipinski definition) is 3. The van der Waals surface area contributed by atoms with E-state index in [0.29, 0.717) is 18.9 Å². The lowest BCUT2D eigenvalue weighted by Crippen LogP contribution is -2.37. The first kappa shape index (κ1) is 16.9. The van der Waals surface area contributed by atoms with Gasteiger partial charge in [-0.25, -0.2) is 0 Å². The molecule has 0 aliphatic carbocycles. The van der Waals surface area contributed by atoms with Gasteiger partial charge in [0, 0.05) is 19.5 Å². The maximum atomic E-state index is 12.1. The second-order valence-electron chi connectivity index (χ2n) is 5.71. The highest BCUT2D eigenvalue weighted by Gasteiger charge is 2.20. The summed E-state index contributed by atoms with van der Waals surface area (Å²) in [5.74, 6) is 1.66. The fourth-order valence-corrected chi connectivity index (χ4v) is 3.48. The molecule has 1 aliphatic heterocycles. The van der Waals surface area contributed by atoms with Crippen molar-refractivity contribution < 1.29 is 9.59 Å². The molecule has 0 bridgehead atoms. The number of carbonyl (C=O) groups excluding carboxylic acids is 2. The van der Waals surface area contributed by atoms with Crippen molar-refractivity contribution in [1.82, 2.24) is 10.6 Å². The molecule has 1 heterocycles. The summed E-state index contributed by atoms with van der Waals surface area (Å²) in [6.07, 6.45) is 2.41. The van der Waals surface area contributed by atoms with Crippen LogP contribution in [0.2, 0.25) is 0 Å². The van der Waals surface area contributed by atoms with Gasteiger partial charge in [0.1, 0.15) is 0 Å². The lowest BCUT2D eigenvalue weighted by atomic mass is 10.0. The van der Waals surface area contributed by atoms with E-state index in [1.165, 1.54) is 5.56 Å². The Bertz CT molecular complexity index is 483. The quantitative estimate of drug-likeness (QED) is 0.808. The lowest BCUT2D eigenvalue weighted by Gasteiger charge is -2.23. The van der Waals surface area contributed by atoms with Gasteiger partial charge in [-0.2, -0.15) is 0 Å². The third-order valence-electron chi connectivity index (χ3n) is 3.87. The summed E-state index contributed by atoms with van der Waals surface area (Å²) in [6, 6.07) is 10.2. The molecule has 5 heteroatoms. The van der Waals surface area contributed by atoms with Crippen LogP contribution in [-0.4, -0.2) is 35.9 Å². The molecule has 1 aromatic rings. The van der Waals surface area contributed by atoms with Crippen LogP contribution < -0.4 is 10.6 Å². The average molecular weight is 320 g/mol. The average Bonchev–Trinajstić information content (AvgIpc) is 2.55. The van der Waals surface area contributed by atoms with Gasteiger partial charge in [0.15, 0.2) is 0 Å². The molecule has 2 amide bonds. The summed E-state index contributed by atoms with van der Waals surface area (Å²) in [6.45, 7) is 3.37. The first-order valence-corrected chi connectivity index (χ1v) is 8.90. The molecule has 2 unspecified atom stereocenters. The molecule has 1 aromatic carbocycles. The highest BCUT2D eigenvalue weighted by atomic mass is 32.2. The maximum Gasteiger partial charge on any atom is 0.232 e. The standard InChI is InChI=1S/C17H24N2O2S/c1-13(22-12-15-7-8-16(20)19-11-15)17(21)18-10-9-14-5-3-2-4-6-14/h2-6,13,15H,7-12H2,1H3,(H,18,21)(H,19,20). The minimum absolute atomic E-state index is 0.0478. The SMILES string of the molecule is CC(SCC1CCC(=O)NC1)C(=O)NCCc1ccccc1. The number of piperidine rings is 1. The van der Waals surface area contributed by atoms with Crippen LogP contribution in [0, 0.1) is 5.92 Å². The molecule has 22 heavy (non-hydrogen) atoms. The van der Waals surface area contributed by atoms with Crippen molar-refractivity contribution in [2.24, 2.45) is 5.92 Å². The normalized spacial score (nSPS) is 19.3. The molecule has 0 aromatic heterocycles. The Labute approximate surface area is 136 Å². The van der Waals surface area contributed by atoms with E-state index in [0.717, 1.165) is 25.1 Å². The molecule has 2 rings (SSSR count). The lowest BCUT2D eigenvalue weighted by molar-refractivity contribution is -0.123. The molecule has 0 spiro atoms. The zero-order valence-corrected chi connectivity index (χ0v) is 13.8. The van der Waals surface area contributed by atoms with Gasteiger partial charge in [-0.15, -0.1) is 11.8 Å². The molecule has 2 atom stereocenters. The number of hydrogen-bond donors (Lipinski definition) is 2. The number of benzene rings is 1. The van der Waals surface area contributed by atoms with E-state index < -0.39 is 0 Å². The van der Waals surface area contributed by atoms with E-state index in [2.05, 4.69) is 22.8 Å². The fraction of sp³-hybridized carbons (Fsp3) is 0.529. The Kier molecular flexibility index (Phi) is 6.77. The number of thioether (sulfide) groups is 1. The zero-order chi connectivity index (χ0) is 15.8. The predicted molar refractivity (Wildman–Crippen MR) is 90.8 cm³/mol. The number of nitrogens with one attached hydrogen (secondary N) is 2. The molecule has 1 saturated heterocycles. The maximum absolute atomic E-state index is 12.1. The smallest absolute Gasteiger partial charge is 0.232 e. The summed E-state index contributed by atoms with van der Waals surface area (Å²) < 4.78 is 0. The van der Waals surface area contributed by atoms with Crippen LogP contribution in [0.25, 0.3) is 0 Å². The van der Waals surface area contributed by atoms with Crippen molar-refractivity contribution in [3.8, 4) is 0 Å². The second kappa shape index (κ2) is 8.83. The van der Waals surface area contributed by atoms with Gasteiger partial charge in [-0.05, 0) is 37.0 Å². The Morgan fingerprint density at radius 2 is 2.18 bits per heavy atom. The van der Waals surface area contributed by atoms with Crippen LogP contribution in [0.1, 0.15) is 25.3 Å². The minimum Gasteiger partial charge on any atom is -0.356 e. The Hall–Kier alpha value is -1.49. The van der Waals surface area contributed by atoms with Gasteiger partial charge in [0.2, 0.25) is 11.8 Å². The molecule has 1 aliphatic rings. The van der Waals surface area contributed by atoms with Crippen LogP contribution in [0.15, 0.2) is 30.3 Å². The van der Waals surface area contributed by atoms with Crippen molar-refractivity contribution >= 4 is 23.6 Å². The third kappa shape index (κ3) is 5.72. The van der Waals surface area contributed by atoms with E-state index in [-0.39, 0.29) is 17.1 Å². The number of carbonyl (C=O) groups is 2. The van der Waals surface area contributed by atoms with E-state index in [1.807, 2.05) is 25.1 Å². The first-order chi connectivity index (χ1) is 10.6. The molecule has 2 N–H and O–H groups in total. The molecular weight excluding hydrogens is 296 g/mol. The van der Waals surface area contributed by atoms with Gasteiger partial charge >= 0.3 is 0 Å². The molecular formula is C17H24N2O2S. The van der Waals surface area contributed by atoms with E-state index in [9.17, 15) is 9.59 Å². The van der Waals surface area contributed by atoms with E-state index in [1.54, 1.807) is 11.8 Å². The molecule has 0 saturated carbocycles. The Morgan fingerprint density at radius 3 is 2.86 bits per heavy atom. The Balaban J connectivity index is 1.61. The van der Waals surface area contributed by atoms with Crippen LogP contribution in [0.5, 0.6) is 0 Å². The molecule has 0 radical (unpaired) electrons. The highest BCUT2D eigenvalue weighted by molar-refractivity contribution is 8.00. The van der Waals surface area contributed by atoms with Gasteiger partial charge in [-0.1, -0.05) is 30.3 Å². The molecule has 4 nitrogen and oxygen atoms in total. The highest BCUT2D eigenvalue weighted by Crippen LogP contribution is 2.20. The van der Waals surface area contributed by atoms with Crippen molar-refractivity contribution in [2.45, 2.75) is 31.4 Å².